The Morgan fingerprint density at radius 1 is 0.567 bits per heavy atom. The van der Waals surface area contributed by atoms with Gasteiger partial charge in [-0.15, -0.1) is 0 Å². The van der Waals surface area contributed by atoms with Crippen molar-refractivity contribution in [3.05, 3.63) is 84.4 Å². The van der Waals surface area contributed by atoms with Crippen molar-refractivity contribution in [3.63, 3.8) is 0 Å². The van der Waals surface area contributed by atoms with Crippen LogP contribution in [-0.4, -0.2) is 11.5 Å². The fourth-order valence-corrected chi connectivity index (χ4v) is 7.34. The zero-order valence-corrected chi connectivity index (χ0v) is 18.6. The molecule has 0 N–H and O–H groups in total. The highest BCUT2D eigenvalue weighted by Gasteiger charge is 2.27. The van der Waals surface area contributed by atoms with Crippen LogP contribution in [0, 0.1) is 0 Å². The molecule has 2 heteroatoms. The number of para-hydroxylation sites is 1. The molecule has 1 aliphatic heterocycles. The Morgan fingerprint density at radius 3 is 1.77 bits per heavy atom. The van der Waals surface area contributed by atoms with E-state index in [4.69, 9.17) is 0 Å². The number of hydrogen-bond acceptors (Lipinski definition) is 1. The van der Waals surface area contributed by atoms with Crippen molar-refractivity contribution in [1.29, 1.82) is 0 Å². The lowest BCUT2D eigenvalue weighted by atomic mass is 9.84. The van der Waals surface area contributed by atoms with E-state index < -0.39 is 0 Å². The highest BCUT2D eigenvalue weighted by molar-refractivity contribution is 7.97. The Kier molecular flexibility index (Phi) is 6.13. The fraction of sp³-hybridized carbons (Fsp3) is 0.357. The lowest BCUT2D eigenvalue weighted by molar-refractivity contribution is 0.443. The van der Waals surface area contributed by atoms with Gasteiger partial charge in [0.25, 0.3) is 0 Å². The van der Waals surface area contributed by atoms with Gasteiger partial charge in [-0.1, -0.05) is 49.6 Å². The van der Waals surface area contributed by atoms with Crippen molar-refractivity contribution in [2.75, 3.05) is 16.4 Å². The average Bonchev–Trinajstić information content (AvgIpc) is 3.37. The van der Waals surface area contributed by atoms with Crippen molar-refractivity contribution in [1.82, 2.24) is 0 Å². The number of hydrogen-bond donors (Lipinski definition) is 0. The molecule has 1 aliphatic carbocycles. The maximum absolute atomic E-state index is 2.40. The zero-order valence-electron chi connectivity index (χ0n) is 17.8. The van der Waals surface area contributed by atoms with Crippen LogP contribution in [0.2, 0.25) is 0 Å². The summed E-state index contributed by atoms with van der Waals surface area (Å²) >= 11 is 0. The maximum Gasteiger partial charge on any atom is 0.155 e. The van der Waals surface area contributed by atoms with E-state index in [1.165, 1.54) is 84.0 Å². The van der Waals surface area contributed by atoms with E-state index in [-0.39, 0.29) is 0 Å². The largest absolute Gasteiger partial charge is 0.310 e. The third kappa shape index (κ3) is 4.30. The molecule has 0 unspecified atom stereocenters. The van der Waals surface area contributed by atoms with Crippen molar-refractivity contribution < 1.29 is 0 Å². The smallest absolute Gasteiger partial charge is 0.155 e. The van der Waals surface area contributed by atoms with Crippen LogP contribution in [0.5, 0.6) is 0 Å². The minimum absolute atomic E-state index is 0.474. The zero-order chi connectivity index (χ0) is 20.2. The van der Waals surface area contributed by atoms with Gasteiger partial charge in [0.15, 0.2) is 4.90 Å². The van der Waals surface area contributed by atoms with Crippen LogP contribution >= 0.6 is 0 Å². The van der Waals surface area contributed by atoms with Gasteiger partial charge in [0.05, 0.1) is 0 Å². The molecule has 1 nitrogen and oxygen atoms in total. The third-order valence-corrected chi connectivity index (χ3v) is 9.20. The molecule has 0 bridgehead atoms. The SMILES string of the molecule is c1ccc(N(c2ccc(C3CCCCC3)cc2)c2ccc([S+]3CCCC3)cc2)cc1. The highest BCUT2D eigenvalue weighted by atomic mass is 32.2. The standard InChI is InChI=1S/C28H32NS/c1-3-9-23(10-4-1)24-13-15-26(16-14-24)29(25-11-5-2-6-12-25)27-17-19-28(20-18-27)30-21-7-8-22-30/h2,5-6,11-20,23H,1,3-4,7-10,21-22H2/q+1. The van der Waals surface area contributed by atoms with E-state index in [0.717, 1.165) is 5.92 Å². The summed E-state index contributed by atoms with van der Waals surface area (Å²) in [6.45, 7) is 0. The first kappa shape index (κ1) is 19.8. The van der Waals surface area contributed by atoms with E-state index in [9.17, 15) is 0 Å². The Bertz CT molecular complexity index is 921. The third-order valence-electron chi connectivity index (χ3n) is 6.70. The summed E-state index contributed by atoms with van der Waals surface area (Å²) in [7, 11) is 0.474. The summed E-state index contributed by atoms with van der Waals surface area (Å²) < 4.78 is 0. The first-order valence-corrected chi connectivity index (χ1v) is 13.2. The first-order chi connectivity index (χ1) is 14.9. The van der Waals surface area contributed by atoms with E-state index >= 15 is 0 Å². The van der Waals surface area contributed by atoms with E-state index in [1.54, 1.807) is 0 Å². The van der Waals surface area contributed by atoms with E-state index in [1.807, 2.05) is 0 Å². The molecule has 0 atom stereocenters. The molecule has 2 fully saturated rings. The van der Waals surface area contributed by atoms with Crippen molar-refractivity contribution in [2.45, 2.75) is 55.8 Å². The molecule has 1 saturated heterocycles. The topological polar surface area (TPSA) is 3.24 Å². The highest BCUT2D eigenvalue weighted by Crippen LogP contribution is 2.38. The minimum atomic E-state index is 0.474. The van der Waals surface area contributed by atoms with Gasteiger partial charge in [-0.3, -0.25) is 0 Å². The second-order valence-electron chi connectivity index (χ2n) is 8.70. The van der Waals surface area contributed by atoms with E-state index in [0.29, 0.717) is 10.9 Å². The molecule has 1 heterocycles. The van der Waals surface area contributed by atoms with Crippen molar-refractivity contribution in [2.24, 2.45) is 0 Å². The van der Waals surface area contributed by atoms with Crippen LogP contribution in [0.1, 0.15) is 56.4 Å². The van der Waals surface area contributed by atoms with Gasteiger partial charge in [0.2, 0.25) is 0 Å². The lowest BCUT2D eigenvalue weighted by Gasteiger charge is -2.27. The number of benzene rings is 3. The quantitative estimate of drug-likeness (QED) is 0.383. The first-order valence-electron chi connectivity index (χ1n) is 11.6. The maximum atomic E-state index is 2.40. The van der Waals surface area contributed by atoms with Crippen LogP contribution in [-0.2, 0) is 10.9 Å². The van der Waals surface area contributed by atoms with Gasteiger partial charge in [0, 0.05) is 28.0 Å². The fourth-order valence-electron chi connectivity index (χ4n) is 5.03. The Morgan fingerprint density at radius 2 is 1.13 bits per heavy atom. The molecule has 0 amide bonds. The van der Waals surface area contributed by atoms with Crippen LogP contribution in [0.3, 0.4) is 0 Å². The van der Waals surface area contributed by atoms with Crippen molar-refractivity contribution in [3.8, 4) is 0 Å². The summed E-state index contributed by atoms with van der Waals surface area (Å²) in [5, 5.41) is 0. The molecule has 30 heavy (non-hydrogen) atoms. The molecule has 0 radical (unpaired) electrons. The summed E-state index contributed by atoms with van der Waals surface area (Å²) in [4.78, 5) is 3.93. The van der Waals surface area contributed by atoms with Gasteiger partial charge >= 0.3 is 0 Å². The van der Waals surface area contributed by atoms with Crippen LogP contribution in [0.4, 0.5) is 17.1 Å². The molecule has 5 rings (SSSR count). The monoisotopic (exact) mass is 414 g/mol. The summed E-state index contributed by atoms with van der Waals surface area (Å²) in [6, 6.07) is 29.6. The molecular weight excluding hydrogens is 382 g/mol. The molecule has 154 valence electrons. The number of nitrogens with zero attached hydrogens (tertiary/aromatic N) is 1. The molecule has 3 aromatic rings. The molecule has 1 saturated carbocycles. The second kappa shape index (κ2) is 9.31. The summed E-state index contributed by atoms with van der Waals surface area (Å²) in [6.07, 6.45) is 9.68. The summed E-state index contributed by atoms with van der Waals surface area (Å²) in [5.41, 5.74) is 5.23. The molecule has 0 spiro atoms. The lowest BCUT2D eigenvalue weighted by Crippen LogP contribution is -2.11. The Balaban J connectivity index is 1.45. The predicted octanol–water partition coefficient (Wildman–Crippen LogP) is 7.98. The Labute approximate surface area is 184 Å². The van der Waals surface area contributed by atoms with Gasteiger partial charge in [-0.2, -0.15) is 0 Å². The van der Waals surface area contributed by atoms with Gasteiger partial charge < -0.3 is 4.90 Å². The van der Waals surface area contributed by atoms with Gasteiger partial charge in [-0.05, 0) is 85.7 Å². The molecule has 2 aliphatic rings. The normalized spacial score (nSPS) is 17.9. The average molecular weight is 415 g/mol. The number of anilines is 3. The van der Waals surface area contributed by atoms with E-state index in [2.05, 4.69) is 83.8 Å². The molecule has 0 aromatic heterocycles. The van der Waals surface area contributed by atoms with Crippen molar-refractivity contribution >= 4 is 28.0 Å². The second-order valence-corrected chi connectivity index (χ2v) is 11.0. The molecule has 3 aromatic carbocycles. The summed E-state index contributed by atoms with van der Waals surface area (Å²) in [5.74, 6) is 3.51. The minimum Gasteiger partial charge on any atom is -0.310 e. The van der Waals surface area contributed by atoms with Crippen LogP contribution in [0.15, 0.2) is 83.8 Å². The van der Waals surface area contributed by atoms with Crippen LogP contribution < -0.4 is 4.90 Å². The number of rotatable bonds is 5. The van der Waals surface area contributed by atoms with Gasteiger partial charge in [-0.25, -0.2) is 0 Å². The predicted molar refractivity (Wildman–Crippen MR) is 132 cm³/mol. The Hall–Kier alpha value is -2.19. The van der Waals surface area contributed by atoms with Crippen LogP contribution in [0.25, 0.3) is 0 Å². The van der Waals surface area contributed by atoms with Gasteiger partial charge in [0.1, 0.15) is 11.5 Å². The molecular formula is C28H32NS+.